The van der Waals surface area contributed by atoms with E-state index < -0.39 is 5.97 Å². The fraction of sp³-hybridized carbons (Fsp3) is 0.133. The van der Waals surface area contributed by atoms with Gasteiger partial charge in [0.15, 0.2) is 0 Å². The topological polar surface area (TPSA) is 68.0 Å². The lowest BCUT2D eigenvalue weighted by atomic mass is 10.1. The van der Waals surface area contributed by atoms with Crippen molar-refractivity contribution in [1.29, 1.82) is 0 Å². The maximum absolute atomic E-state index is 11.4. The lowest BCUT2D eigenvalue weighted by molar-refractivity contribution is 0.0697. The van der Waals surface area contributed by atoms with Crippen molar-refractivity contribution in [2.45, 2.75) is 13.5 Å². The van der Waals surface area contributed by atoms with Crippen molar-refractivity contribution < 1.29 is 9.90 Å². The molecule has 0 saturated carbocycles. The van der Waals surface area contributed by atoms with Crippen LogP contribution in [0.1, 0.15) is 21.5 Å². The van der Waals surface area contributed by atoms with Crippen LogP contribution in [0.4, 0.5) is 0 Å². The molecule has 0 bridgehead atoms. The van der Waals surface area contributed by atoms with Gasteiger partial charge in [-0.1, -0.05) is 29.8 Å². The highest BCUT2D eigenvalue weighted by Crippen LogP contribution is 2.24. The Bertz CT molecular complexity index is 761. The third-order valence-electron chi connectivity index (χ3n) is 3.09. The monoisotopic (exact) mass is 299 g/mol. The van der Waals surface area contributed by atoms with Crippen LogP contribution in [-0.4, -0.2) is 25.8 Å². The van der Waals surface area contributed by atoms with E-state index in [1.54, 1.807) is 22.5 Å². The Balaban J connectivity index is 1.95. The molecule has 0 aliphatic heterocycles. The highest BCUT2D eigenvalue weighted by molar-refractivity contribution is 7.13. The molecule has 3 aromatic rings. The van der Waals surface area contributed by atoms with Crippen molar-refractivity contribution in [2.24, 2.45) is 0 Å². The first-order valence-electron chi connectivity index (χ1n) is 6.39. The van der Waals surface area contributed by atoms with Crippen LogP contribution in [-0.2, 0) is 6.54 Å². The molecule has 0 atom stereocenters. The van der Waals surface area contributed by atoms with Crippen LogP contribution in [0.15, 0.2) is 42.0 Å². The Morgan fingerprint density at radius 2 is 2.10 bits per heavy atom. The minimum atomic E-state index is -0.990. The molecule has 2 heterocycles. The van der Waals surface area contributed by atoms with E-state index in [1.165, 1.54) is 16.9 Å². The number of carboxylic acid groups (broad SMARTS) is 1. The van der Waals surface area contributed by atoms with Gasteiger partial charge < -0.3 is 5.11 Å². The molecule has 0 aliphatic carbocycles. The zero-order chi connectivity index (χ0) is 14.8. The number of hydrogen-bond donors (Lipinski definition) is 1. The van der Waals surface area contributed by atoms with Gasteiger partial charge in [0.2, 0.25) is 0 Å². The predicted molar refractivity (Wildman–Crippen MR) is 80.6 cm³/mol. The van der Waals surface area contributed by atoms with Crippen LogP contribution in [0.2, 0.25) is 0 Å². The summed E-state index contributed by atoms with van der Waals surface area (Å²) in [6.45, 7) is 2.56. The fourth-order valence-corrected chi connectivity index (χ4v) is 2.67. The van der Waals surface area contributed by atoms with Gasteiger partial charge in [0.05, 0.1) is 6.54 Å². The molecule has 1 aromatic carbocycles. The van der Waals surface area contributed by atoms with Crippen LogP contribution in [0.3, 0.4) is 0 Å². The van der Waals surface area contributed by atoms with E-state index in [0.717, 1.165) is 5.56 Å². The van der Waals surface area contributed by atoms with Crippen molar-refractivity contribution >= 4 is 17.3 Å². The second kappa shape index (κ2) is 5.49. The molecule has 2 aromatic heterocycles. The van der Waals surface area contributed by atoms with Crippen LogP contribution in [0.25, 0.3) is 10.7 Å². The molecule has 3 rings (SSSR count). The smallest absolute Gasteiger partial charge is 0.339 e. The average molecular weight is 299 g/mol. The summed E-state index contributed by atoms with van der Waals surface area (Å²) < 4.78 is 1.64. The summed E-state index contributed by atoms with van der Waals surface area (Å²) in [6.07, 6.45) is 3.20. The number of carbonyl (C=O) groups is 1. The Hall–Kier alpha value is -2.47. The standard InChI is InChI=1S/C15H13N3O2S/c1-10-2-4-11(5-3-10)8-18-9-12(15(19)20)13(17-18)14-16-6-7-21-14/h2-7,9H,8H2,1H3,(H,19,20). The van der Waals surface area contributed by atoms with Crippen molar-refractivity contribution in [3.05, 3.63) is 58.7 Å². The third kappa shape index (κ3) is 2.85. The Labute approximate surface area is 125 Å². The van der Waals surface area contributed by atoms with Crippen LogP contribution >= 0.6 is 11.3 Å². The molecule has 0 saturated heterocycles. The Kier molecular flexibility index (Phi) is 3.53. The minimum absolute atomic E-state index is 0.178. The molecule has 0 unspecified atom stereocenters. The third-order valence-corrected chi connectivity index (χ3v) is 3.87. The summed E-state index contributed by atoms with van der Waals surface area (Å²) in [6, 6.07) is 8.08. The van der Waals surface area contributed by atoms with Gasteiger partial charge in [0.25, 0.3) is 0 Å². The van der Waals surface area contributed by atoms with Gasteiger partial charge in [-0.2, -0.15) is 5.10 Å². The Morgan fingerprint density at radius 1 is 1.33 bits per heavy atom. The first-order valence-corrected chi connectivity index (χ1v) is 7.27. The minimum Gasteiger partial charge on any atom is -0.478 e. The van der Waals surface area contributed by atoms with Gasteiger partial charge in [-0.15, -0.1) is 11.3 Å². The summed E-state index contributed by atoms with van der Waals surface area (Å²) in [5.41, 5.74) is 2.86. The zero-order valence-electron chi connectivity index (χ0n) is 11.4. The summed E-state index contributed by atoms with van der Waals surface area (Å²) in [5, 5.41) is 16.1. The largest absolute Gasteiger partial charge is 0.478 e. The number of aromatic nitrogens is 3. The molecule has 5 nitrogen and oxygen atoms in total. The molecule has 106 valence electrons. The SMILES string of the molecule is Cc1ccc(Cn2cc(C(=O)O)c(-c3nccs3)n2)cc1. The number of aryl methyl sites for hydroxylation is 1. The summed E-state index contributed by atoms with van der Waals surface area (Å²) in [7, 11) is 0. The van der Waals surface area contributed by atoms with Gasteiger partial charge in [0.1, 0.15) is 16.3 Å². The molecule has 6 heteroatoms. The van der Waals surface area contributed by atoms with E-state index >= 15 is 0 Å². The Morgan fingerprint density at radius 3 is 2.71 bits per heavy atom. The summed E-state index contributed by atoms with van der Waals surface area (Å²) in [4.78, 5) is 15.5. The summed E-state index contributed by atoms with van der Waals surface area (Å²) in [5.74, 6) is -0.990. The van der Waals surface area contributed by atoms with Gasteiger partial charge in [-0.3, -0.25) is 4.68 Å². The number of carboxylic acids is 1. The lowest BCUT2D eigenvalue weighted by Crippen LogP contribution is -2.00. The van der Waals surface area contributed by atoms with E-state index in [2.05, 4.69) is 10.1 Å². The van der Waals surface area contributed by atoms with E-state index in [-0.39, 0.29) is 5.56 Å². The van der Waals surface area contributed by atoms with Crippen LogP contribution in [0, 0.1) is 6.92 Å². The molecular formula is C15H13N3O2S. The summed E-state index contributed by atoms with van der Waals surface area (Å²) >= 11 is 1.38. The quantitative estimate of drug-likeness (QED) is 0.804. The van der Waals surface area contributed by atoms with Gasteiger partial charge in [0, 0.05) is 17.8 Å². The molecule has 21 heavy (non-hydrogen) atoms. The van der Waals surface area contributed by atoms with Crippen molar-refractivity contribution in [2.75, 3.05) is 0 Å². The van der Waals surface area contributed by atoms with Crippen molar-refractivity contribution in [3.8, 4) is 10.7 Å². The predicted octanol–water partition coefficient (Wildman–Crippen LogP) is 3.06. The van der Waals surface area contributed by atoms with Crippen molar-refractivity contribution in [3.63, 3.8) is 0 Å². The van der Waals surface area contributed by atoms with Gasteiger partial charge in [-0.05, 0) is 12.5 Å². The molecule has 0 fully saturated rings. The average Bonchev–Trinajstić information content (AvgIpc) is 3.10. The number of hydrogen-bond acceptors (Lipinski definition) is 4. The van der Waals surface area contributed by atoms with E-state index in [0.29, 0.717) is 17.2 Å². The number of benzene rings is 1. The molecule has 0 spiro atoms. The zero-order valence-corrected chi connectivity index (χ0v) is 12.2. The van der Waals surface area contributed by atoms with E-state index in [1.807, 2.05) is 31.2 Å². The first-order chi connectivity index (χ1) is 10.1. The maximum atomic E-state index is 11.4. The van der Waals surface area contributed by atoms with Gasteiger partial charge in [-0.25, -0.2) is 9.78 Å². The second-order valence-corrected chi connectivity index (χ2v) is 5.61. The lowest BCUT2D eigenvalue weighted by Gasteiger charge is -2.02. The molecule has 0 aliphatic rings. The molecule has 0 amide bonds. The van der Waals surface area contributed by atoms with Crippen LogP contribution in [0.5, 0.6) is 0 Å². The van der Waals surface area contributed by atoms with Crippen LogP contribution < -0.4 is 0 Å². The molecular weight excluding hydrogens is 286 g/mol. The number of aromatic carboxylic acids is 1. The highest BCUT2D eigenvalue weighted by atomic mass is 32.1. The maximum Gasteiger partial charge on any atom is 0.339 e. The fourth-order valence-electron chi connectivity index (χ4n) is 2.04. The van der Waals surface area contributed by atoms with E-state index in [9.17, 15) is 9.90 Å². The number of nitrogens with zero attached hydrogens (tertiary/aromatic N) is 3. The first kappa shape index (κ1) is 13.5. The number of rotatable bonds is 4. The second-order valence-electron chi connectivity index (χ2n) is 4.72. The molecule has 0 radical (unpaired) electrons. The highest BCUT2D eigenvalue weighted by Gasteiger charge is 2.18. The molecule has 1 N–H and O–H groups in total. The van der Waals surface area contributed by atoms with Crippen molar-refractivity contribution in [1.82, 2.24) is 14.8 Å². The van der Waals surface area contributed by atoms with E-state index in [4.69, 9.17) is 0 Å². The normalized spacial score (nSPS) is 10.7. The van der Waals surface area contributed by atoms with Gasteiger partial charge >= 0.3 is 5.97 Å². The number of thiazole rings is 1.